The lowest BCUT2D eigenvalue weighted by Crippen LogP contribution is -2.31. The van der Waals surface area contributed by atoms with E-state index in [1.54, 1.807) is 19.1 Å². The second-order valence-corrected chi connectivity index (χ2v) is 3.14. The van der Waals surface area contributed by atoms with Gasteiger partial charge in [0.1, 0.15) is 11.7 Å². The van der Waals surface area contributed by atoms with Crippen LogP contribution in [-0.4, -0.2) is 28.9 Å². The zero-order chi connectivity index (χ0) is 10.0. The Balaban J connectivity index is 2.81. The predicted octanol–water partition coefficient (Wildman–Crippen LogP) is -0.373. The fourth-order valence-corrected chi connectivity index (χ4v) is 1.50. The van der Waals surface area contributed by atoms with Gasteiger partial charge in [-0.2, -0.15) is 0 Å². The quantitative estimate of drug-likeness (QED) is 0.453. The van der Waals surface area contributed by atoms with Gasteiger partial charge in [0.15, 0.2) is 0 Å². The topological polar surface area (TPSA) is 66.4 Å². The summed E-state index contributed by atoms with van der Waals surface area (Å²) < 4.78 is 0. The normalized spacial score (nSPS) is 33.8. The molecule has 13 heavy (non-hydrogen) atoms. The minimum Gasteiger partial charge on any atom is -0.389 e. The summed E-state index contributed by atoms with van der Waals surface area (Å²) in [5.41, 5.74) is 0. The Morgan fingerprint density at radius 3 is 2.62 bits per heavy atom. The molecule has 3 atom stereocenters. The molecule has 1 aliphatic rings. The number of Topliss-reactive ketones (excluding diaryl/α,β-unsaturated/α-hetero) is 1. The summed E-state index contributed by atoms with van der Waals surface area (Å²) in [4.78, 5) is 22.2. The number of nitrogens with one attached hydrogen (secondary N) is 1. The zero-order valence-electron chi connectivity index (χ0n) is 7.65. The van der Waals surface area contributed by atoms with Crippen molar-refractivity contribution in [1.29, 1.82) is 0 Å². The van der Waals surface area contributed by atoms with E-state index >= 15 is 0 Å². The number of aliphatic hydroxyl groups excluding tert-OH is 1. The van der Waals surface area contributed by atoms with Crippen molar-refractivity contribution in [3.63, 3.8) is 0 Å². The van der Waals surface area contributed by atoms with Crippen molar-refractivity contribution >= 4 is 11.7 Å². The van der Waals surface area contributed by atoms with E-state index in [9.17, 15) is 14.7 Å². The first-order chi connectivity index (χ1) is 6.07. The van der Waals surface area contributed by atoms with Gasteiger partial charge >= 0.3 is 0 Å². The molecule has 0 aromatic heterocycles. The molecule has 1 saturated heterocycles. The molecule has 0 aromatic carbocycles. The number of carbonyl (C=O) groups is 2. The smallest absolute Gasteiger partial charge is 0.233 e. The molecule has 0 saturated carbocycles. The van der Waals surface area contributed by atoms with Gasteiger partial charge in [0, 0.05) is 0 Å². The lowest BCUT2D eigenvalue weighted by Gasteiger charge is -2.11. The number of ketones is 1. The first-order valence-electron chi connectivity index (χ1n) is 4.19. The Labute approximate surface area is 76.6 Å². The van der Waals surface area contributed by atoms with Crippen LogP contribution in [0.2, 0.25) is 0 Å². The van der Waals surface area contributed by atoms with E-state index < -0.39 is 18.1 Å². The van der Waals surface area contributed by atoms with E-state index in [2.05, 4.69) is 5.32 Å². The van der Waals surface area contributed by atoms with Gasteiger partial charge in [0.05, 0.1) is 12.1 Å². The second-order valence-electron chi connectivity index (χ2n) is 3.14. The molecule has 1 rings (SSSR count). The summed E-state index contributed by atoms with van der Waals surface area (Å²) in [6.45, 7) is 3.10. The average Bonchev–Trinajstić information content (AvgIpc) is 2.28. The maximum atomic E-state index is 11.2. The van der Waals surface area contributed by atoms with Gasteiger partial charge in [-0.25, -0.2) is 0 Å². The Bertz CT molecular complexity index is 260. The zero-order valence-corrected chi connectivity index (χ0v) is 7.65. The Kier molecular flexibility index (Phi) is 2.83. The third-order valence-electron chi connectivity index (χ3n) is 2.14. The molecule has 0 radical (unpaired) electrons. The van der Waals surface area contributed by atoms with Crippen molar-refractivity contribution in [3.05, 3.63) is 12.2 Å². The van der Waals surface area contributed by atoms with Crippen LogP contribution < -0.4 is 5.32 Å². The fraction of sp³-hybridized carbons (Fsp3) is 0.556. The third kappa shape index (κ3) is 1.78. The van der Waals surface area contributed by atoms with Gasteiger partial charge in [-0.3, -0.25) is 9.59 Å². The van der Waals surface area contributed by atoms with Crippen LogP contribution in [0.1, 0.15) is 13.8 Å². The summed E-state index contributed by atoms with van der Waals surface area (Å²) >= 11 is 0. The van der Waals surface area contributed by atoms with Crippen LogP contribution >= 0.6 is 0 Å². The number of rotatable bonds is 2. The summed E-state index contributed by atoms with van der Waals surface area (Å²) in [5, 5.41) is 12.1. The van der Waals surface area contributed by atoms with Crippen molar-refractivity contribution in [1.82, 2.24) is 5.32 Å². The molecular formula is C9H13NO3. The van der Waals surface area contributed by atoms with Gasteiger partial charge in [0.2, 0.25) is 5.91 Å². The highest BCUT2D eigenvalue weighted by atomic mass is 16.3. The highest BCUT2D eigenvalue weighted by Crippen LogP contribution is 2.18. The largest absolute Gasteiger partial charge is 0.389 e. The number of amides is 1. The van der Waals surface area contributed by atoms with Crippen LogP contribution in [0, 0.1) is 5.92 Å². The highest BCUT2D eigenvalue weighted by Gasteiger charge is 2.42. The maximum absolute atomic E-state index is 11.2. The number of allylic oxidation sites excluding steroid dienone is 1. The van der Waals surface area contributed by atoms with Crippen molar-refractivity contribution in [2.24, 2.45) is 5.92 Å². The van der Waals surface area contributed by atoms with Gasteiger partial charge in [-0.1, -0.05) is 12.2 Å². The molecule has 1 aliphatic heterocycles. The molecule has 72 valence electrons. The van der Waals surface area contributed by atoms with E-state index in [1.807, 2.05) is 0 Å². The SMILES string of the molecule is CC=CC1NC(=O)C(C(C)=O)C1O. The van der Waals surface area contributed by atoms with Crippen molar-refractivity contribution < 1.29 is 14.7 Å². The van der Waals surface area contributed by atoms with Crippen LogP contribution in [0.3, 0.4) is 0 Å². The molecule has 1 heterocycles. The van der Waals surface area contributed by atoms with Gasteiger partial charge in [-0.05, 0) is 13.8 Å². The maximum Gasteiger partial charge on any atom is 0.233 e. The fourth-order valence-electron chi connectivity index (χ4n) is 1.50. The van der Waals surface area contributed by atoms with Crippen LogP contribution in [-0.2, 0) is 9.59 Å². The van der Waals surface area contributed by atoms with E-state index in [-0.39, 0.29) is 11.7 Å². The Hall–Kier alpha value is -1.16. The van der Waals surface area contributed by atoms with Crippen LogP contribution in [0.4, 0.5) is 0 Å². The molecule has 0 spiro atoms. The first-order valence-corrected chi connectivity index (χ1v) is 4.19. The molecule has 4 heteroatoms. The minimum atomic E-state index is -0.929. The molecular weight excluding hydrogens is 170 g/mol. The summed E-state index contributed by atoms with van der Waals surface area (Å²) in [5.74, 6) is -1.58. The third-order valence-corrected chi connectivity index (χ3v) is 2.14. The Morgan fingerprint density at radius 2 is 2.23 bits per heavy atom. The number of hydrogen-bond donors (Lipinski definition) is 2. The van der Waals surface area contributed by atoms with Crippen LogP contribution in [0.25, 0.3) is 0 Å². The first kappa shape index (κ1) is 9.92. The van der Waals surface area contributed by atoms with Crippen LogP contribution in [0.15, 0.2) is 12.2 Å². The van der Waals surface area contributed by atoms with E-state index in [1.165, 1.54) is 6.92 Å². The number of hydrogen-bond acceptors (Lipinski definition) is 3. The second kappa shape index (κ2) is 3.70. The summed E-state index contributed by atoms with van der Waals surface area (Å²) in [7, 11) is 0. The Morgan fingerprint density at radius 1 is 1.62 bits per heavy atom. The molecule has 3 unspecified atom stereocenters. The molecule has 2 N–H and O–H groups in total. The van der Waals surface area contributed by atoms with Gasteiger partial charge < -0.3 is 10.4 Å². The molecule has 0 aliphatic carbocycles. The van der Waals surface area contributed by atoms with Gasteiger partial charge in [-0.15, -0.1) is 0 Å². The number of aliphatic hydroxyl groups is 1. The van der Waals surface area contributed by atoms with Gasteiger partial charge in [0.25, 0.3) is 0 Å². The van der Waals surface area contributed by atoms with Crippen molar-refractivity contribution in [2.45, 2.75) is 26.0 Å². The lowest BCUT2D eigenvalue weighted by molar-refractivity contribution is -0.132. The monoisotopic (exact) mass is 183 g/mol. The van der Waals surface area contributed by atoms with E-state index in [0.717, 1.165) is 0 Å². The minimum absolute atomic E-state index is 0.294. The predicted molar refractivity (Wildman–Crippen MR) is 46.9 cm³/mol. The lowest BCUT2D eigenvalue weighted by atomic mass is 9.97. The summed E-state index contributed by atoms with van der Waals surface area (Å²) in [6, 6.07) is -0.425. The molecule has 0 bridgehead atoms. The van der Waals surface area contributed by atoms with Crippen molar-refractivity contribution in [3.8, 4) is 0 Å². The standard InChI is InChI=1S/C9H13NO3/c1-3-4-6-8(12)7(5(2)11)9(13)10-6/h3-4,6-8,12H,1-2H3,(H,10,13). The average molecular weight is 183 g/mol. The van der Waals surface area contributed by atoms with Crippen molar-refractivity contribution in [2.75, 3.05) is 0 Å². The van der Waals surface area contributed by atoms with E-state index in [0.29, 0.717) is 0 Å². The number of carbonyl (C=O) groups excluding carboxylic acids is 2. The molecule has 1 fully saturated rings. The molecule has 0 aromatic rings. The van der Waals surface area contributed by atoms with Crippen LogP contribution in [0.5, 0.6) is 0 Å². The summed E-state index contributed by atoms with van der Waals surface area (Å²) in [6.07, 6.45) is 2.48. The molecule has 1 amide bonds. The van der Waals surface area contributed by atoms with E-state index in [4.69, 9.17) is 0 Å². The highest BCUT2D eigenvalue weighted by molar-refractivity contribution is 6.03. The molecule has 4 nitrogen and oxygen atoms in total.